The van der Waals surface area contributed by atoms with Crippen LogP contribution in [0.1, 0.15) is 13.8 Å². The molecule has 2 atom stereocenters. The van der Waals surface area contributed by atoms with Crippen molar-refractivity contribution in [3.05, 3.63) is 12.3 Å². The van der Waals surface area contributed by atoms with Crippen LogP contribution in [0.25, 0.3) is 0 Å². The average molecular weight is 159 g/mol. The Labute approximate surface area is 68.1 Å². The highest BCUT2D eigenvalue weighted by Crippen LogP contribution is 2.01. The van der Waals surface area contributed by atoms with E-state index in [0.29, 0.717) is 0 Å². The quantitative estimate of drug-likeness (QED) is 0.632. The Hall–Kier alpha value is -0.830. The summed E-state index contributed by atoms with van der Waals surface area (Å²) < 4.78 is 0. The number of carbonyl (C=O) groups is 1. The smallest absolute Gasteiger partial charge is 0.106 e. The van der Waals surface area contributed by atoms with Crippen LogP contribution in [0, 0.1) is 5.92 Å². The Morgan fingerprint density at radius 2 is 1.91 bits per heavy atom. The molecule has 0 fully saturated rings. The van der Waals surface area contributed by atoms with Gasteiger partial charge in [-0.25, -0.2) is 0 Å². The molecule has 2 unspecified atom stereocenters. The molecule has 0 spiro atoms. The molecule has 0 aromatic heterocycles. The first kappa shape index (κ1) is 12.8. The first-order valence-corrected chi connectivity index (χ1v) is 3.49. The Balaban J connectivity index is 0. The molecule has 66 valence electrons. The molecule has 0 aliphatic rings. The van der Waals surface area contributed by atoms with E-state index in [1.165, 1.54) is 0 Å². The topological polar surface area (TPSA) is 49.3 Å². The fourth-order valence-corrected chi connectivity index (χ4v) is 0.409. The maximum Gasteiger partial charge on any atom is 0.106 e. The van der Waals surface area contributed by atoms with Crippen molar-refractivity contribution >= 4 is 6.79 Å². The molecule has 0 saturated carbocycles. The summed E-state index contributed by atoms with van der Waals surface area (Å²) >= 11 is 0. The summed E-state index contributed by atoms with van der Waals surface area (Å²) in [6, 6.07) is 0. The van der Waals surface area contributed by atoms with Gasteiger partial charge in [-0.15, -0.1) is 0 Å². The van der Waals surface area contributed by atoms with Crippen LogP contribution in [-0.4, -0.2) is 25.0 Å². The van der Waals surface area contributed by atoms with Gasteiger partial charge in [0, 0.05) is 13.0 Å². The van der Waals surface area contributed by atoms with Crippen molar-refractivity contribution in [2.45, 2.75) is 20.0 Å². The van der Waals surface area contributed by atoms with Crippen molar-refractivity contribution < 1.29 is 9.90 Å². The van der Waals surface area contributed by atoms with Gasteiger partial charge >= 0.3 is 0 Å². The highest BCUT2D eigenvalue weighted by Gasteiger charge is 2.01. The zero-order valence-corrected chi connectivity index (χ0v) is 7.37. The van der Waals surface area contributed by atoms with Crippen LogP contribution >= 0.6 is 0 Å². The molecule has 0 saturated heterocycles. The molecule has 0 rings (SSSR count). The number of hydrogen-bond donors (Lipinski definition) is 2. The van der Waals surface area contributed by atoms with Crippen LogP contribution < -0.4 is 5.32 Å². The van der Waals surface area contributed by atoms with Gasteiger partial charge < -0.3 is 15.2 Å². The van der Waals surface area contributed by atoms with E-state index in [9.17, 15) is 0 Å². The van der Waals surface area contributed by atoms with E-state index in [1.807, 2.05) is 33.0 Å². The zero-order chi connectivity index (χ0) is 9.28. The Morgan fingerprint density at radius 3 is 2.18 bits per heavy atom. The average Bonchev–Trinajstić information content (AvgIpc) is 2.03. The minimum Gasteiger partial charge on any atom is -0.394 e. The first-order chi connectivity index (χ1) is 5.18. The molecule has 0 bridgehead atoms. The lowest BCUT2D eigenvalue weighted by atomic mass is 10.1. The second-order valence-electron chi connectivity index (χ2n) is 2.25. The summed E-state index contributed by atoms with van der Waals surface area (Å²) in [5.41, 5.74) is 0. The van der Waals surface area contributed by atoms with Crippen molar-refractivity contribution in [3.63, 3.8) is 0 Å². The third kappa shape index (κ3) is 9.17. The fraction of sp³-hybridized carbons (Fsp3) is 0.625. The zero-order valence-electron chi connectivity index (χ0n) is 7.37. The molecule has 0 aromatic carbocycles. The molecule has 2 N–H and O–H groups in total. The monoisotopic (exact) mass is 159 g/mol. The molecule has 3 heteroatoms. The molecule has 0 radical (unpaired) electrons. The summed E-state index contributed by atoms with van der Waals surface area (Å²) in [6.45, 7) is 5.75. The summed E-state index contributed by atoms with van der Waals surface area (Å²) in [5.74, 6) is 0.234. The summed E-state index contributed by atoms with van der Waals surface area (Å²) in [5, 5.41) is 11.8. The molecule has 11 heavy (non-hydrogen) atoms. The Morgan fingerprint density at radius 1 is 1.45 bits per heavy atom. The minimum atomic E-state index is -0.255. The van der Waals surface area contributed by atoms with Gasteiger partial charge in [0.15, 0.2) is 0 Å². The molecule has 0 aliphatic heterocycles. The maximum atomic E-state index is 8.97. The number of aliphatic hydroxyl groups excluding tert-OH is 1. The molecule has 0 aromatic rings. The predicted octanol–water partition coefficient (Wildman–Crippen LogP) is 0.552. The van der Waals surface area contributed by atoms with Crippen LogP contribution in [0.15, 0.2) is 12.3 Å². The highest BCUT2D eigenvalue weighted by atomic mass is 16.3. The summed E-state index contributed by atoms with van der Waals surface area (Å²) in [7, 11) is 1.84. The molecular weight excluding hydrogens is 142 g/mol. The van der Waals surface area contributed by atoms with E-state index in [1.54, 1.807) is 6.92 Å². The molecule has 0 aliphatic carbocycles. The molecule has 0 heterocycles. The van der Waals surface area contributed by atoms with Crippen LogP contribution in [0.4, 0.5) is 0 Å². The number of aliphatic hydroxyl groups is 1. The normalized spacial score (nSPS) is 14.9. The van der Waals surface area contributed by atoms with Crippen LogP contribution in [0.3, 0.4) is 0 Å². The van der Waals surface area contributed by atoms with Gasteiger partial charge in [-0.1, -0.05) is 13.0 Å². The van der Waals surface area contributed by atoms with Crippen molar-refractivity contribution in [2.75, 3.05) is 7.05 Å². The van der Waals surface area contributed by atoms with E-state index >= 15 is 0 Å². The number of hydrogen-bond acceptors (Lipinski definition) is 3. The van der Waals surface area contributed by atoms with Crippen molar-refractivity contribution in [1.82, 2.24) is 5.32 Å². The summed E-state index contributed by atoms with van der Waals surface area (Å²) in [6.07, 6.45) is 3.51. The standard InChI is InChI=1S/C7H15NO.CH2O/c1-6(7(2)9)4-5-8-3;1-2/h4-9H,1-3H3;1H2. The van der Waals surface area contributed by atoms with E-state index in [4.69, 9.17) is 9.90 Å². The highest BCUT2D eigenvalue weighted by molar-refractivity contribution is 5.10. The first-order valence-electron chi connectivity index (χ1n) is 3.49. The lowest BCUT2D eigenvalue weighted by Gasteiger charge is -2.07. The van der Waals surface area contributed by atoms with E-state index in [-0.39, 0.29) is 12.0 Å². The third-order valence-corrected chi connectivity index (χ3v) is 1.33. The molecular formula is C8H17NO2. The van der Waals surface area contributed by atoms with Crippen LogP contribution in [0.5, 0.6) is 0 Å². The predicted molar refractivity (Wildman–Crippen MR) is 46.2 cm³/mol. The lowest BCUT2D eigenvalue weighted by Crippen LogP contribution is -2.10. The number of nitrogens with one attached hydrogen (secondary N) is 1. The Kier molecular flexibility index (Phi) is 10.7. The SMILES string of the molecule is C=O.CNC=CC(C)C(C)O. The second-order valence-corrected chi connectivity index (χ2v) is 2.25. The summed E-state index contributed by atoms with van der Waals surface area (Å²) in [4.78, 5) is 8.00. The van der Waals surface area contributed by atoms with Gasteiger partial charge in [-0.2, -0.15) is 0 Å². The van der Waals surface area contributed by atoms with Crippen molar-refractivity contribution in [2.24, 2.45) is 5.92 Å². The largest absolute Gasteiger partial charge is 0.394 e. The van der Waals surface area contributed by atoms with Gasteiger partial charge in [0.2, 0.25) is 0 Å². The minimum absolute atomic E-state index is 0.234. The van der Waals surface area contributed by atoms with Gasteiger partial charge in [0.25, 0.3) is 0 Å². The van der Waals surface area contributed by atoms with E-state index < -0.39 is 0 Å². The third-order valence-electron chi connectivity index (χ3n) is 1.33. The molecule has 3 nitrogen and oxygen atoms in total. The fourth-order valence-electron chi connectivity index (χ4n) is 0.409. The number of carbonyl (C=O) groups excluding carboxylic acids is 1. The van der Waals surface area contributed by atoms with E-state index in [0.717, 1.165) is 0 Å². The van der Waals surface area contributed by atoms with Crippen LogP contribution in [0.2, 0.25) is 0 Å². The van der Waals surface area contributed by atoms with Gasteiger partial charge in [0.1, 0.15) is 6.79 Å². The van der Waals surface area contributed by atoms with Gasteiger partial charge in [0.05, 0.1) is 6.10 Å². The number of rotatable bonds is 3. The lowest BCUT2D eigenvalue weighted by molar-refractivity contribution is -0.0979. The van der Waals surface area contributed by atoms with E-state index in [2.05, 4.69) is 5.32 Å². The van der Waals surface area contributed by atoms with Crippen molar-refractivity contribution in [1.29, 1.82) is 0 Å². The van der Waals surface area contributed by atoms with Crippen molar-refractivity contribution in [3.8, 4) is 0 Å². The van der Waals surface area contributed by atoms with Gasteiger partial charge in [-0.05, 0) is 13.1 Å². The maximum absolute atomic E-state index is 8.97. The Bertz CT molecular complexity index is 102. The molecule has 0 amide bonds. The second kappa shape index (κ2) is 9.17. The van der Waals surface area contributed by atoms with Crippen LogP contribution in [-0.2, 0) is 4.79 Å². The van der Waals surface area contributed by atoms with Gasteiger partial charge in [-0.3, -0.25) is 0 Å².